The molecule has 3 rings (SSSR count). The van der Waals surface area contributed by atoms with Crippen LogP contribution in [0.5, 0.6) is 0 Å². The van der Waals surface area contributed by atoms with Crippen LogP contribution in [0.1, 0.15) is 53.4 Å². The van der Waals surface area contributed by atoms with E-state index in [1.54, 1.807) is 0 Å². The summed E-state index contributed by atoms with van der Waals surface area (Å²) in [5, 5.41) is 0. The Kier molecular flexibility index (Phi) is 1.67. The predicted octanol–water partition coefficient (Wildman–Crippen LogP) is 4.42. The van der Waals surface area contributed by atoms with Crippen molar-refractivity contribution in [1.82, 2.24) is 0 Å². The summed E-state index contributed by atoms with van der Waals surface area (Å²) >= 11 is 0. The highest BCUT2D eigenvalue weighted by atomic mass is 14.7. The molecule has 0 heterocycles. The van der Waals surface area contributed by atoms with Crippen LogP contribution < -0.4 is 0 Å². The lowest BCUT2D eigenvalue weighted by atomic mass is 9.67. The maximum Gasteiger partial charge on any atom is -0.00616 e. The summed E-state index contributed by atoms with van der Waals surface area (Å²) < 4.78 is 0. The van der Waals surface area contributed by atoms with Gasteiger partial charge in [0.25, 0.3) is 0 Å². The van der Waals surface area contributed by atoms with Gasteiger partial charge >= 0.3 is 0 Å². The van der Waals surface area contributed by atoms with Crippen LogP contribution in [-0.4, -0.2) is 0 Å². The standard InChI is InChI=1S/C15H24/c1-13(2)7-5-8-15(4)11-6-9-14(15,3)10-12(11)13/h5,8,11-12H,6-7,9-10H2,1-4H3/t11-,12+,14+,15+/m0/s1. The molecule has 3 aliphatic carbocycles. The normalized spacial score (nSPS) is 55.7. The molecule has 4 bridgehead atoms. The fourth-order valence-electron chi connectivity index (χ4n) is 4.96. The van der Waals surface area contributed by atoms with E-state index >= 15 is 0 Å². The highest BCUT2D eigenvalue weighted by Crippen LogP contribution is 2.72. The van der Waals surface area contributed by atoms with E-state index in [9.17, 15) is 0 Å². The molecule has 0 aliphatic heterocycles. The number of hydrogen-bond acceptors (Lipinski definition) is 0. The highest BCUT2D eigenvalue weighted by molar-refractivity contribution is 5.23. The zero-order valence-electron chi connectivity index (χ0n) is 10.6. The second kappa shape index (κ2) is 2.52. The monoisotopic (exact) mass is 204 g/mol. The van der Waals surface area contributed by atoms with Crippen LogP contribution in [0, 0.1) is 28.1 Å². The number of rotatable bonds is 0. The average molecular weight is 204 g/mol. The third-order valence-corrected chi connectivity index (χ3v) is 6.35. The van der Waals surface area contributed by atoms with E-state index in [0.717, 1.165) is 11.8 Å². The molecule has 4 atom stereocenters. The van der Waals surface area contributed by atoms with Gasteiger partial charge in [-0.2, -0.15) is 0 Å². The SMILES string of the molecule is CC1(C)CC=C[C@]2(C)[C@H]3CC[C@]2(C)C[C@H]31. The van der Waals surface area contributed by atoms with Crippen molar-refractivity contribution in [2.75, 3.05) is 0 Å². The van der Waals surface area contributed by atoms with Gasteiger partial charge in [0.1, 0.15) is 0 Å². The Morgan fingerprint density at radius 2 is 1.80 bits per heavy atom. The molecular formula is C15H24. The van der Waals surface area contributed by atoms with Crippen LogP contribution in [0.4, 0.5) is 0 Å². The van der Waals surface area contributed by atoms with E-state index < -0.39 is 0 Å². The Hall–Kier alpha value is -0.260. The summed E-state index contributed by atoms with van der Waals surface area (Å²) in [6.45, 7) is 10.0. The molecule has 0 amide bonds. The van der Waals surface area contributed by atoms with Crippen molar-refractivity contribution in [3.8, 4) is 0 Å². The molecule has 0 unspecified atom stereocenters. The minimum absolute atomic E-state index is 0.519. The summed E-state index contributed by atoms with van der Waals surface area (Å²) in [4.78, 5) is 0. The summed E-state index contributed by atoms with van der Waals surface area (Å²) in [6.07, 6.45) is 10.8. The minimum Gasteiger partial charge on any atom is -0.0874 e. The summed E-state index contributed by atoms with van der Waals surface area (Å²) in [6, 6.07) is 0. The Morgan fingerprint density at radius 1 is 1.07 bits per heavy atom. The van der Waals surface area contributed by atoms with Crippen molar-refractivity contribution in [3.63, 3.8) is 0 Å². The van der Waals surface area contributed by atoms with Crippen molar-refractivity contribution in [2.24, 2.45) is 28.1 Å². The van der Waals surface area contributed by atoms with Gasteiger partial charge in [0.05, 0.1) is 0 Å². The largest absolute Gasteiger partial charge is 0.0874 e. The van der Waals surface area contributed by atoms with Gasteiger partial charge in [-0.1, -0.05) is 39.8 Å². The Bertz CT molecular complexity index is 325. The maximum absolute atomic E-state index is 2.58. The molecule has 84 valence electrons. The molecule has 2 fully saturated rings. The summed E-state index contributed by atoms with van der Waals surface area (Å²) in [5.74, 6) is 1.94. The molecule has 2 saturated carbocycles. The number of hydrogen-bond donors (Lipinski definition) is 0. The van der Waals surface area contributed by atoms with E-state index in [4.69, 9.17) is 0 Å². The van der Waals surface area contributed by atoms with E-state index in [1.807, 2.05) is 0 Å². The Labute approximate surface area is 94.1 Å². The maximum atomic E-state index is 2.58. The smallest absolute Gasteiger partial charge is 0.00616 e. The first-order valence-corrected chi connectivity index (χ1v) is 6.57. The first-order chi connectivity index (χ1) is 6.89. The molecule has 15 heavy (non-hydrogen) atoms. The van der Waals surface area contributed by atoms with Crippen LogP contribution in [0.15, 0.2) is 12.2 Å². The van der Waals surface area contributed by atoms with Crippen LogP contribution in [0.25, 0.3) is 0 Å². The first kappa shape index (κ1) is 9.93. The van der Waals surface area contributed by atoms with Crippen molar-refractivity contribution >= 4 is 0 Å². The molecule has 0 N–H and O–H groups in total. The predicted molar refractivity (Wildman–Crippen MR) is 64.6 cm³/mol. The minimum atomic E-state index is 0.519. The molecule has 0 aromatic heterocycles. The van der Waals surface area contributed by atoms with Gasteiger partial charge in [0, 0.05) is 0 Å². The van der Waals surface area contributed by atoms with Gasteiger partial charge in [0.2, 0.25) is 0 Å². The van der Waals surface area contributed by atoms with Crippen molar-refractivity contribution in [3.05, 3.63) is 12.2 Å². The molecule has 0 saturated heterocycles. The van der Waals surface area contributed by atoms with E-state index in [2.05, 4.69) is 39.8 Å². The zero-order chi connectivity index (χ0) is 10.9. The van der Waals surface area contributed by atoms with Gasteiger partial charge in [-0.3, -0.25) is 0 Å². The number of allylic oxidation sites excluding steroid dienone is 2. The summed E-state index contributed by atoms with van der Waals surface area (Å²) in [7, 11) is 0. The van der Waals surface area contributed by atoms with Crippen LogP contribution in [-0.2, 0) is 0 Å². The van der Waals surface area contributed by atoms with E-state index in [-0.39, 0.29) is 0 Å². The molecule has 0 radical (unpaired) electrons. The zero-order valence-corrected chi connectivity index (χ0v) is 10.6. The van der Waals surface area contributed by atoms with Gasteiger partial charge in [-0.15, -0.1) is 0 Å². The molecule has 0 aromatic rings. The lowest BCUT2D eigenvalue weighted by Gasteiger charge is -2.38. The van der Waals surface area contributed by atoms with Crippen LogP contribution in [0.3, 0.4) is 0 Å². The molecule has 0 nitrogen and oxygen atoms in total. The van der Waals surface area contributed by atoms with Gasteiger partial charge < -0.3 is 0 Å². The molecule has 0 aromatic carbocycles. The third-order valence-electron chi connectivity index (χ3n) is 6.35. The van der Waals surface area contributed by atoms with E-state index in [0.29, 0.717) is 16.2 Å². The fraction of sp³-hybridized carbons (Fsp3) is 0.867. The molecule has 3 aliphatic rings. The molecule has 0 heteroatoms. The first-order valence-electron chi connectivity index (χ1n) is 6.57. The van der Waals surface area contributed by atoms with Gasteiger partial charge in [-0.25, -0.2) is 0 Å². The van der Waals surface area contributed by atoms with E-state index in [1.165, 1.54) is 25.7 Å². The summed E-state index contributed by atoms with van der Waals surface area (Å²) in [5.41, 5.74) is 1.67. The van der Waals surface area contributed by atoms with Gasteiger partial charge in [-0.05, 0) is 53.8 Å². The van der Waals surface area contributed by atoms with Crippen LogP contribution >= 0.6 is 0 Å². The van der Waals surface area contributed by atoms with Gasteiger partial charge in [0.15, 0.2) is 0 Å². The molecular weight excluding hydrogens is 180 g/mol. The lowest BCUT2D eigenvalue weighted by molar-refractivity contribution is 0.126. The average Bonchev–Trinajstić information content (AvgIpc) is 2.46. The van der Waals surface area contributed by atoms with Crippen molar-refractivity contribution in [1.29, 1.82) is 0 Å². The Balaban J connectivity index is 2.13. The van der Waals surface area contributed by atoms with Crippen molar-refractivity contribution in [2.45, 2.75) is 53.4 Å². The second-order valence-corrected chi connectivity index (χ2v) is 7.39. The lowest BCUT2D eigenvalue weighted by Crippen LogP contribution is -2.29. The van der Waals surface area contributed by atoms with Crippen molar-refractivity contribution < 1.29 is 0 Å². The second-order valence-electron chi connectivity index (χ2n) is 7.39. The van der Waals surface area contributed by atoms with Crippen LogP contribution in [0.2, 0.25) is 0 Å². The Morgan fingerprint density at radius 3 is 2.53 bits per heavy atom. The fourth-order valence-corrected chi connectivity index (χ4v) is 4.96. The quantitative estimate of drug-likeness (QED) is 0.513. The molecule has 0 spiro atoms. The topological polar surface area (TPSA) is 0 Å². The third kappa shape index (κ3) is 0.990. The highest BCUT2D eigenvalue weighted by Gasteiger charge is 2.64.